The van der Waals surface area contributed by atoms with Gasteiger partial charge in [0, 0.05) is 38.3 Å². The number of urea groups is 1. The molecule has 1 aromatic rings. The van der Waals surface area contributed by atoms with Crippen LogP contribution in [0, 0.1) is 5.92 Å². The van der Waals surface area contributed by atoms with Gasteiger partial charge >= 0.3 is 6.03 Å². The Morgan fingerprint density at radius 1 is 1.07 bits per heavy atom. The number of morpholine rings is 1. The van der Waals surface area contributed by atoms with Gasteiger partial charge in [0.1, 0.15) is 0 Å². The number of carbonyl (C=O) groups is 2. The number of hydrogen-bond donors (Lipinski definition) is 1. The molecule has 146 valence electrons. The maximum absolute atomic E-state index is 12.6. The zero-order valence-corrected chi connectivity index (χ0v) is 15.3. The number of ether oxygens (including phenoxy) is 3. The fourth-order valence-electron chi connectivity index (χ4n) is 3.74. The van der Waals surface area contributed by atoms with Crippen LogP contribution in [0.4, 0.5) is 4.79 Å². The molecule has 2 saturated heterocycles. The van der Waals surface area contributed by atoms with E-state index in [4.69, 9.17) is 14.2 Å². The summed E-state index contributed by atoms with van der Waals surface area (Å²) in [5.41, 5.74) is 0.552. The Kier molecular flexibility index (Phi) is 5.33. The van der Waals surface area contributed by atoms with E-state index in [9.17, 15) is 9.59 Å². The predicted octanol–water partition coefficient (Wildman–Crippen LogP) is 1.31. The van der Waals surface area contributed by atoms with Crippen LogP contribution in [-0.2, 0) is 4.74 Å². The van der Waals surface area contributed by atoms with E-state index in [-0.39, 0.29) is 24.6 Å². The smallest absolute Gasteiger partial charge is 0.320 e. The van der Waals surface area contributed by atoms with E-state index in [2.05, 4.69) is 5.32 Å². The summed E-state index contributed by atoms with van der Waals surface area (Å²) >= 11 is 0. The quantitative estimate of drug-likeness (QED) is 0.862. The van der Waals surface area contributed by atoms with Crippen molar-refractivity contribution < 1.29 is 23.8 Å². The van der Waals surface area contributed by atoms with Gasteiger partial charge in [-0.1, -0.05) is 0 Å². The van der Waals surface area contributed by atoms with Crippen molar-refractivity contribution in [2.75, 3.05) is 52.7 Å². The minimum atomic E-state index is -0.134. The molecule has 8 heteroatoms. The standard InChI is InChI=1S/C19H25N3O5/c23-18(15-3-4-16-17(10-15)27-13-26-16)20-11-14-2-1-5-22(12-14)19(24)21-6-8-25-9-7-21/h3-4,10,14H,1-2,5-9,11-13H2,(H,20,23)/t14-/m0/s1. The molecule has 0 radical (unpaired) electrons. The Morgan fingerprint density at radius 3 is 2.74 bits per heavy atom. The number of hydrogen-bond acceptors (Lipinski definition) is 5. The van der Waals surface area contributed by atoms with Gasteiger partial charge < -0.3 is 29.3 Å². The summed E-state index contributed by atoms with van der Waals surface area (Å²) in [6.45, 7) is 4.72. The summed E-state index contributed by atoms with van der Waals surface area (Å²) in [6, 6.07) is 5.27. The highest BCUT2D eigenvalue weighted by Gasteiger charge is 2.28. The van der Waals surface area contributed by atoms with Gasteiger partial charge in [-0.05, 0) is 37.0 Å². The van der Waals surface area contributed by atoms with Crippen molar-refractivity contribution in [2.45, 2.75) is 12.8 Å². The molecule has 0 bridgehead atoms. The average molecular weight is 375 g/mol. The summed E-state index contributed by atoms with van der Waals surface area (Å²) < 4.78 is 15.9. The van der Waals surface area contributed by atoms with E-state index in [1.165, 1.54) is 0 Å². The molecule has 1 aromatic carbocycles. The molecule has 0 aliphatic carbocycles. The molecule has 0 unspecified atom stereocenters. The van der Waals surface area contributed by atoms with Gasteiger partial charge in [-0.3, -0.25) is 4.79 Å². The zero-order valence-electron chi connectivity index (χ0n) is 15.3. The van der Waals surface area contributed by atoms with Crippen molar-refractivity contribution in [3.63, 3.8) is 0 Å². The first-order valence-corrected chi connectivity index (χ1v) is 9.50. The van der Waals surface area contributed by atoms with Crippen molar-refractivity contribution in [3.05, 3.63) is 23.8 Å². The van der Waals surface area contributed by atoms with Crippen LogP contribution in [-0.4, -0.2) is 74.5 Å². The van der Waals surface area contributed by atoms with E-state index >= 15 is 0 Å². The lowest BCUT2D eigenvalue weighted by atomic mass is 9.98. The van der Waals surface area contributed by atoms with Gasteiger partial charge in [0.25, 0.3) is 5.91 Å². The fraction of sp³-hybridized carbons (Fsp3) is 0.579. The van der Waals surface area contributed by atoms with Gasteiger partial charge in [-0.2, -0.15) is 0 Å². The molecule has 2 fully saturated rings. The molecule has 3 aliphatic heterocycles. The third kappa shape index (κ3) is 4.10. The minimum Gasteiger partial charge on any atom is -0.454 e. The highest BCUT2D eigenvalue weighted by atomic mass is 16.7. The van der Waals surface area contributed by atoms with Gasteiger partial charge in [-0.25, -0.2) is 4.79 Å². The number of fused-ring (bicyclic) bond motifs is 1. The highest BCUT2D eigenvalue weighted by Crippen LogP contribution is 2.32. The van der Waals surface area contributed by atoms with Crippen molar-refractivity contribution in [3.8, 4) is 11.5 Å². The second-order valence-corrected chi connectivity index (χ2v) is 7.11. The fourth-order valence-corrected chi connectivity index (χ4v) is 3.74. The predicted molar refractivity (Wildman–Crippen MR) is 97.0 cm³/mol. The topological polar surface area (TPSA) is 80.3 Å². The summed E-state index contributed by atoms with van der Waals surface area (Å²) in [7, 11) is 0. The average Bonchev–Trinajstić information content (AvgIpc) is 3.20. The Labute approximate surface area is 158 Å². The van der Waals surface area contributed by atoms with Crippen LogP contribution in [0.15, 0.2) is 18.2 Å². The third-order valence-corrected chi connectivity index (χ3v) is 5.26. The van der Waals surface area contributed by atoms with E-state index in [1.54, 1.807) is 18.2 Å². The molecule has 3 heterocycles. The molecule has 8 nitrogen and oxygen atoms in total. The first kappa shape index (κ1) is 17.9. The Morgan fingerprint density at radius 2 is 1.89 bits per heavy atom. The normalized spacial score (nSPS) is 21.9. The maximum Gasteiger partial charge on any atom is 0.320 e. The lowest BCUT2D eigenvalue weighted by Crippen LogP contribution is -2.52. The molecule has 0 spiro atoms. The Balaban J connectivity index is 1.29. The van der Waals surface area contributed by atoms with Crippen LogP contribution < -0.4 is 14.8 Å². The molecule has 1 N–H and O–H groups in total. The maximum atomic E-state index is 12.6. The third-order valence-electron chi connectivity index (χ3n) is 5.26. The number of piperidine rings is 1. The van der Waals surface area contributed by atoms with Crippen LogP contribution >= 0.6 is 0 Å². The van der Waals surface area contributed by atoms with E-state index < -0.39 is 0 Å². The minimum absolute atomic E-state index is 0.0881. The van der Waals surface area contributed by atoms with Crippen molar-refractivity contribution in [1.82, 2.24) is 15.1 Å². The van der Waals surface area contributed by atoms with E-state index in [0.29, 0.717) is 56.5 Å². The molecule has 3 amide bonds. The monoisotopic (exact) mass is 375 g/mol. The lowest BCUT2D eigenvalue weighted by molar-refractivity contribution is 0.0391. The van der Waals surface area contributed by atoms with Crippen molar-refractivity contribution in [2.24, 2.45) is 5.92 Å². The summed E-state index contributed by atoms with van der Waals surface area (Å²) in [6.07, 6.45) is 1.97. The second kappa shape index (κ2) is 8.04. The van der Waals surface area contributed by atoms with Gasteiger partial charge in [0.2, 0.25) is 6.79 Å². The van der Waals surface area contributed by atoms with Crippen molar-refractivity contribution >= 4 is 11.9 Å². The second-order valence-electron chi connectivity index (χ2n) is 7.11. The number of likely N-dealkylation sites (tertiary alicyclic amines) is 1. The molecule has 1 atom stereocenters. The first-order chi connectivity index (χ1) is 13.2. The van der Waals surface area contributed by atoms with Gasteiger partial charge in [0.05, 0.1) is 13.2 Å². The molecule has 0 saturated carbocycles. The van der Waals surface area contributed by atoms with E-state index in [1.807, 2.05) is 9.80 Å². The Bertz CT molecular complexity index is 705. The summed E-state index contributed by atoms with van der Waals surface area (Å²) in [4.78, 5) is 28.9. The van der Waals surface area contributed by atoms with Gasteiger partial charge in [-0.15, -0.1) is 0 Å². The van der Waals surface area contributed by atoms with Crippen molar-refractivity contribution in [1.29, 1.82) is 0 Å². The molecular formula is C19H25N3O5. The molecule has 0 aromatic heterocycles. The Hall–Kier alpha value is -2.48. The number of rotatable bonds is 3. The molecule has 3 aliphatic rings. The lowest BCUT2D eigenvalue weighted by Gasteiger charge is -2.37. The van der Waals surface area contributed by atoms with Crippen LogP contribution in [0.5, 0.6) is 11.5 Å². The molecule has 27 heavy (non-hydrogen) atoms. The van der Waals surface area contributed by atoms with Crippen LogP contribution in [0.2, 0.25) is 0 Å². The first-order valence-electron chi connectivity index (χ1n) is 9.50. The van der Waals surface area contributed by atoms with Gasteiger partial charge in [0.15, 0.2) is 11.5 Å². The molecule has 4 rings (SSSR count). The number of carbonyl (C=O) groups excluding carboxylic acids is 2. The SMILES string of the molecule is O=C(NC[C@@H]1CCCN(C(=O)N2CCOCC2)C1)c1ccc2c(c1)OCO2. The zero-order chi connectivity index (χ0) is 18.6. The number of nitrogens with one attached hydrogen (secondary N) is 1. The summed E-state index contributed by atoms with van der Waals surface area (Å²) in [5, 5.41) is 2.99. The van der Waals surface area contributed by atoms with E-state index in [0.717, 1.165) is 19.4 Å². The van der Waals surface area contributed by atoms with Crippen LogP contribution in [0.3, 0.4) is 0 Å². The number of nitrogens with zero attached hydrogens (tertiary/aromatic N) is 2. The summed E-state index contributed by atoms with van der Waals surface area (Å²) in [5.74, 6) is 1.39. The largest absolute Gasteiger partial charge is 0.454 e. The molecular weight excluding hydrogens is 350 g/mol. The number of benzene rings is 1. The number of amides is 3. The van der Waals surface area contributed by atoms with Crippen LogP contribution in [0.25, 0.3) is 0 Å². The van der Waals surface area contributed by atoms with Crippen LogP contribution in [0.1, 0.15) is 23.2 Å². The highest BCUT2D eigenvalue weighted by molar-refractivity contribution is 5.94.